The first kappa shape index (κ1) is 25.0. The number of rotatable bonds is 18. The van der Waals surface area contributed by atoms with Crippen LogP contribution in [0.4, 0.5) is 5.69 Å². The lowest BCUT2D eigenvalue weighted by Crippen LogP contribution is -2.05. The summed E-state index contributed by atoms with van der Waals surface area (Å²) in [5.41, 5.74) is 5.20. The minimum atomic E-state index is 0. The lowest BCUT2D eigenvalue weighted by atomic mass is 10.2. The second-order valence-corrected chi connectivity index (χ2v) is 6.96. The van der Waals surface area contributed by atoms with Gasteiger partial charge in [-0.05, 0) is 75.8 Å². The van der Waals surface area contributed by atoms with Crippen molar-refractivity contribution >= 4 is 5.69 Å². The fourth-order valence-corrected chi connectivity index (χ4v) is 2.59. The highest BCUT2D eigenvalue weighted by molar-refractivity contribution is 5.46. The third-order valence-corrected chi connectivity index (χ3v) is 4.32. The van der Waals surface area contributed by atoms with Crippen molar-refractivity contribution in [3.8, 4) is 5.75 Å². The third-order valence-electron chi connectivity index (χ3n) is 4.32. The summed E-state index contributed by atoms with van der Waals surface area (Å²) in [7, 11) is 0. The number of nitrogens with one attached hydrogen (secondary N) is 1. The van der Waals surface area contributed by atoms with Gasteiger partial charge in [-0.1, -0.05) is 18.7 Å². The monoisotopic (exact) mass is 403 g/mol. The van der Waals surface area contributed by atoms with E-state index < -0.39 is 0 Å². The van der Waals surface area contributed by atoms with Crippen LogP contribution in [0, 0.1) is 0 Å². The van der Waals surface area contributed by atoms with Crippen LogP contribution in [-0.2, 0) is 9.47 Å². The summed E-state index contributed by atoms with van der Waals surface area (Å²) in [4.78, 5) is 0. The number of benzene rings is 1. The summed E-state index contributed by atoms with van der Waals surface area (Å²) in [5.74, 6) is 0.906. The quantitative estimate of drug-likeness (QED) is 0.175. The molecule has 1 aromatic carbocycles. The van der Waals surface area contributed by atoms with Crippen molar-refractivity contribution in [3.05, 3.63) is 54.3 Å². The molecule has 0 amide bonds. The largest absolute Gasteiger partial charge is 0.494 e. The van der Waals surface area contributed by atoms with Gasteiger partial charge in [0.1, 0.15) is 5.75 Å². The maximum absolute atomic E-state index is 5.72. The SMILES string of the molecule is C=C=C(C)C/C=C\CCCOCCCCOCCCOc1ccc(NCC)cc1.[HH]. The number of anilines is 1. The fraction of sp³-hybridized carbons (Fsp3) is 0.560. The van der Waals surface area contributed by atoms with E-state index in [1.54, 1.807) is 0 Å². The van der Waals surface area contributed by atoms with E-state index in [4.69, 9.17) is 14.2 Å². The Bertz CT molecular complexity index is 595. The van der Waals surface area contributed by atoms with Crippen LogP contribution in [0.5, 0.6) is 5.75 Å². The van der Waals surface area contributed by atoms with Crippen molar-refractivity contribution in [2.45, 2.75) is 52.4 Å². The van der Waals surface area contributed by atoms with Crippen LogP contribution in [0.15, 0.2) is 54.3 Å². The van der Waals surface area contributed by atoms with Gasteiger partial charge in [0.2, 0.25) is 0 Å². The van der Waals surface area contributed by atoms with Crippen LogP contribution in [0.1, 0.15) is 53.8 Å². The van der Waals surface area contributed by atoms with Gasteiger partial charge in [-0.3, -0.25) is 0 Å². The molecular weight excluding hydrogens is 362 g/mol. The van der Waals surface area contributed by atoms with E-state index in [2.05, 4.69) is 36.7 Å². The molecule has 0 heterocycles. The van der Waals surface area contributed by atoms with Gasteiger partial charge in [0.25, 0.3) is 0 Å². The molecule has 0 saturated heterocycles. The van der Waals surface area contributed by atoms with Crippen LogP contribution < -0.4 is 10.1 Å². The lowest BCUT2D eigenvalue weighted by Gasteiger charge is -2.08. The van der Waals surface area contributed by atoms with Crippen LogP contribution in [0.25, 0.3) is 0 Å². The molecule has 1 rings (SSSR count). The van der Waals surface area contributed by atoms with Crippen LogP contribution in [0.2, 0.25) is 0 Å². The van der Waals surface area contributed by atoms with Gasteiger partial charge in [-0.15, -0.1) is 5.73 Å². The molecule has 29 heavy (non-hydrogen) atoms. The van der Waals surface area contributed by atoms with E-state index >= 15 is 0 Å². The topological polar surface area (TPSA) is 39.7 Å². The Morgan fingerprint density at radius 3 is 2.28 bits per heavy atom. The number of hydrogen-bond donors (Lipinski definition) is 1. The highest BCUT2D eigenvalue weighted by Gasteiger charge is 1.96. The Kier molecular flexibility index (Phi) is 15.6. The highest BCUT2D eigenvalue weighted by Crippen LogP contribution is 2.15. The Morgan fingerprint density at radius 2 is 1.62 bits per heavy atom. The second-order valence-electron chi connectivity index (χ2n) is 6.96. The second kappa shape index (κ2) is 18.1. The number of unbranched alkanes of at least 4 members (excludes halogenated alkanes) is 2. The Morgan fingerprint density at radius 1 is 0.966 bits per heavy atom. The molecule has 0 saturated carbocycles. The molecular formula is C25H41NO3. The summed E-state index contributed by atoms with van der Waals surface area (Å²) in [6, 6.07) is 8.07. The zero-order chi connectivity index (χ0) is 21.0. The van der Waals surface area contributed by atoms with Crippen LogP contribution in [-0.4, -0.2) is 39.6 Å². The number of hydrogen-bond acceptors (Lipinski definition) is 4. The maximum atomic E-state index is 5.72. The molecule has 1 N–H and O–H groups in total. The standard InChI is InChI=1S/C25H39NO3.H2/c1-4-23(3)13-8-6-7-9-18-27-19-10-11-20-28-21-12-22-29-25-16-14-24(15-17-25)26-5-2;/h6,8,14-17,26H,1,5,7,9-13,18-22H2,2-3H3;1H/b8-6-;. The summed E-state index contributed by atoms with van der Waals surface area (Å²) in [6.07, 6.45) is 10.5. The molecule has 0 unspecified atom stereocenters. The molecule has 0 bridgehead atoms. The van der Waals surface area contributed by atoms with Crippen molar-refractivity contribution in [1.29, 1.82) is 0 Å². The normalized spacial score (nSPS) is 10.8. The Hall–Kier alpha value is -2.00. The lowest BCUT2D eigenvalue weighted by molar-refractivity contribution is 0.0957. The van der Waals surface area contributed by atoms with Crippen molar-refractivity contribution in [2.24, 2.45) is 0 Å². The molecule has 0 spiro atoms. The predicted molar refractivity (Wildman–Crippen MR) is 125 cm³/mol. The van der Waals surface area contributed by atoms with Crippen LogP contribution in [0.3, 0.4) is 0 Å². The van der Waals surface area contributed by atoms with Crippen molar-refractivity contribution in [1.82, 2.24) is 0 Å². The molecule has 0 radical (unpaired) electrons. The summed E-state index contributed by atoms with van der Waals surface area (Å²) >= 11 is 0. The van der Waals surface area contributed by atoms with Crippen molar-refractivity contribution < 1.29 is 15.6 Å². The van der Waals surface area contributed by atoms with E-state index in [-0.39, 0.29) is 1.43 Å². The van der Waals surface area contributed by atoms with Gasteiger partial charge in [0.15, 0.2) is 0 Å². The van der Waals surface area contributed by atoms with Crippen molar-refractivity contribution in [2.75, 3.05) is 44.9 Å². The molecule has 0 aliphatic heterocycles. The van der Waals surface area contributed by atoms with Gasteiger partial charge in [-0.2, -0.15) is 0 Å². The predicted octanol–water partition coefficient (Wildman–Crippen LogP) is 6.40. The highest BCUT2D eigenvalue weighted by atomic mass is 16.5. The van der Waals surface area contributed by atoms with E-state index in [0.29, 0.717) is 6.61 Å². The zero-order valence-corrected chi connectivity index (χ0v) is 18.4. The van der Waals surface area contributed by atoms with E-state index in [0.717, 1.165) is 82.9 Å². The smallest absolute Gasteiger partial charge is 0.119 e. The molecule has 0 aliphatic carbocycles. The third kappa shape index (κ3) is 14.6. The zero-order valence-electron chi connectivity index (χ0n) is 18.4. The van der Waals surface area contributed by atoms with Crippen molar-refractivity contribution in [3.63, 3.8) is 0 Å². The summed E-state index contributed by atoms with van der Waals surface area (Å²) in [5, 5.41) is 3.27. The van der Waals surface area contributed by atoms with Gasteiger partial charge < -0.3 is 19.5 Å². The fourth-order valence-electron chi connectivity index (χ4n) is 2.59. The first-order valence-electron chi connectivity index (χ1n) is 10.9. The molecule has 0 atom stereocenters. The molecule has 0 aliphatic rings. The molecule has 1 aromatic rings. The molecule has 0 fully saturated rings. The van der Waals surface area contributed by atoms with Gasteiger partial charge in [-0.25, -0.2) is 0 Å². The van der Waals surface area contributed by atoms with E-state index in [1.807, 2.05) is 31.2 Å². The number of ether oxygens (including phenoxy) is 3. The average molecular weight is 404 g/mol. The molecule has 4 heteroatoms. The minimum Gasteiger partial charge on any atom is -0.494 e. The number of allylic oxidation sites excluding steroid dienone is 3. The molecule has 164 valence electrons. The summed E-state index contributed by atoms with van der Waals surface area (Å²) < 4.78 is 17.0. The minimum absolute atomic E-state index is 0. The Labute approximate surface area is 179 Å². The Balaban J connectivity index is 0.00000841. The molecule has 0 aromatic heterocycles. The molecule has 4 nitrogen and oxygen atoms in total. The average Bonchev–Trinajstić information content (AvgIpc) is 2.74. The summed E-state index contributed by atoms with van der Waals surface area (Å²) in [6.45, 7) is 12.6. The van der Waals surface area contributed by atoms with E-state index in [9.17, 15) is 0 Å². The first-order valence-corrected chi connectivity index (χ1v) is 10.9. The van der Waals surface area contributed by atoms with Crippen LogP contribution >= 0.6 is 0 Å². The van der Waals surface area contributed by atoms with Gasteiger partial charge >= 0.3 is 0 Å². The van der Waals surface area contributed by atoms with Gasteiger partial charge in [0, 0.05) is 46.5 Å². The maximum Gasteiger partial charge on any atom is 0.119 e. The first-order chi connectivity index (χ1) is 14.3. The van der Waals surface area contributed by atoms with E-state index in [1.165, 1.54) is 5.57 Å². The van der Waals surface area contributed by atoms with Gasteiger partial charge in [0.05, 0.1) is 6.61 Å².